The molecule has 0 saturated carbocycles. The third-order valence-corrected chi connectivity index (χ3v) is 5.01. The van der Waals surface area contributed by atoms with Crippen LogP contribution in [0.3, 0.4) is 0 Å². The van der Waals surface area contributed by atoms with Crippen LogP contribution in [0.1, 0.15) is 18.1 Å². The summed E-state index contributed by atoms with van der Waals surface area (Å²) in [6.07, 6.45) is 1.76. The normalized spacial score (nSPS) is 12.1. The van der Waals surface area contributed by atoms with E-state index in [9.17, 15) is 4.39 Å². The van der Waals surface area contributed by atoms with Crippen molar-refractivity contribution in [3.05, 3.63) is 48.6 Å². The first-order valence-corrected chi connectivity index (χ1v) is 8.79. The fourth-order valence-corrected chi connectivity index (χ4v) is 3.73. The number of rotatable bonds is 7. The van der Waals surface area contributed by atoms with Gasteiger partial charge in [-0.3, -0.25) is 0 Å². The summed E-state index contributed by atoms with van der Waals surface area (Å²) in [7, 11) is 0. The molecular formula is C15H14FN5OS2. The molecule has 2 aromatic heterocycles. The first-order chi connectivity index (χ1) is 11.7. The highest BCUT2D eigenvalue weighted by Crippen LogP contribution is 2.37. The lowest BCUT2D eigenvalue weighted by molar-refractivity contribution is 0.509. The second kappa shape index (κ2) is 7.54. The average Bonchev–Trinajstić information content (AvgIpc) is 3.23. The van der Waals surface area contributed by atoms with Gasteiger partial charge in [0.05, 0.1) is 5.25 Å². The van der Waals surface area contributed by atoms with Crippen LogP contribution in [0.5, 0.6) is 0 Å². The van der Waals surface area contributed by atoms with E-state index >= 15 is 0 Å². The summed E-state index contributed by atoms with van der Waals surface area (Å²) >= 11 is 2.94. The Morgan fingerprint density at radius 1 is 1.29 bits per heavy atom. The summed E-state index contributed by atoms with van der Waals surface area (Å²) in [5, 5.41) is 20.0. The molecule has 0 fully saturated rings. The molecule has 124 valence electrons. The van der Waals surface area contributed by atoms with Gasteiger partial charge in [0, 0.05) is 12.1 Å². The minimum absolute atomic E-state index is 0.0769. The fourth-order valence-electron chi connectivity index (χ4n) is 1.80. The number of halogens is 1. The van der Waals surface area contributed by atoms with Gasteiger partial charge >= 0.3 is 0 Å². The van der Waals surface area contributed by atoms with Gasteiger partial charge in [0.25, 0.3) is 0 Å². The standard InChI is InChI=1S/C15H14FN5OS2/c1-3-8-17-14-20-21-15(24-14)23-9(2)12-18-19-13(22-12)10-4-6-11(16)7-5-10/h3-7,9H,1,8H2,2H3,(H,17,20)/t9-/m1/s1. The van der Waals surface area contributed by atoms with Gasteiger partial charge in [0.1, 0.15) is 5.82 Å². The minimum atomic E-state index is -0.306. The molecule has 0 radical (unpaired) electrons. The second-order valence-corrected chi connectivity index (χ2v) is 7.32. The van der Waals surface area contributed by atoms with Crippen LogP contribution in [0.2, 0.25) is 0 Å². The van der Waals surface area contributed by atoms with Gasteiger partial charge in [0.15, 0.2) is 4.34 Å². The third-order valence-electron chi connectivity index (χ3n) is 2.96. The predicted molar refractivity (Wildman–Crippen MR) is 92.6 cm³/mol. The number of aromatic nitrogens is 4. The summed E-state index contributed by atoms with van der Waals surface area (Å²) in [6.45, 7) is 6.23. The quantitative estimate of drug-likeness (QED) is 0.498. The zero-order valence-corrected chi connectivity index (χ0v) is 14.4. The molecule has 0 amide bonds. The van der Waals surface area contributed by atoms with E-state index in [0.29, 0.717) is 23.9 Å². The topological polar surface area (TPSA) is 76.7 Å². The molecule has 2 heterocycles. The fraction of sp³-hybridized carbons (Fsp3) is 0.200. The van der Waals surface area contributed by atoms with Gasteiger partial charge in [-0.2, -0.15) is 0 Å². The van der Waals surface area contributed by atoms with Crippen LogP contribution >= 0.6 is 23.1 Å². The van der Waals surface area contributed by atoms with E-state index in [2.05, 4.69) is 32.3 Å². The molecule has 3 aromatic rings. The highest BCUT2D eigenvalue weighted by molar-refractivity contribution is 8.01. The largest absolute Gasteiger partial charge is 0.419 e. The van der Waals surface area contributed by atoms with Gasteiger partial charge in [-0.15, -0.1) is 27.0 Å². The van der Waals surface area contributed by atoms with Crippen molar-refractivity contribution in [1.29, 1.82) is 0 Å². The Morgan fingerprint density at radius 3 is 2.83 bits per heavy atom. The Morgan fingerprint density at radius 2 is 2.08 bits per heavy atom. The molecule has 0 saturated heterocycles. The molecule has 1 aromatic carbocycles. The van der Waals surface area contributed by atoms with Crippen molar-refractivity contribution in [3.8, 4) is 11.5 Å². The summed E-state index contributed by atoms with van der Waals surface area (Å²) in [5.41, 5.74) is 0.680. The van der Waals surface area contributed by atoms with Crippen molar-refractivity contribution in [2.24, 2.45) is 0 Å². The van der Waals surface area contributed by atoms with Crippen molar-refractivity contribution in [3.63, 3.8) is 0 Å². The molecule has 0 bridgehead atoms. The van der Waals surface area contributed by atoms with E-state index in [1.807, 2.05) is 6.92 Å². The molecule has 0 spiro atoms. The van der Waals surface area contributed by atoms with Gasteiger partial charge in [-0.1, -0.05) is 29.2 Å². The molecule has 24 heavy (non-hydrogen) atoms. The number of hydrogen-bond donors (Lipinski definition) is 1. The van der Waals surface area contributed by atoms with Crippen LogP contribution in [0.4, 0.5) is 9.52 Å². The maximum Gasteiger partial charge on any atom is 0.247 e. The van der Waals surface area contributed by atoms with Crippen LogP contribution in [0.15, 0.2) is 45.7 Å². The molecule has 1 atom stereocenters. The van der Waals surface area contributed by atoms with Crippen molar-refractivity contribution in [2.75, 3.05) is 11.9 Å². The van der Waals surface area contributed by atoms with Gasteiger partial charge in [0.2, 0.25) is 16.9 Å². The van der Waals surface area contributed by atoms with Gasteiger partial charge in [-0.25, -0.2) is 4.39 Å². The number of nitrogens with one attached hydrogen (secondary N) is 1. The lowest BCUT2D eigenvalue weighted by Crippen LogP contribution is -1.96. The van der Waals surface area contributed by atoms with Crippen LogP contribution < -0.4 is 5.32 Å². The van der Waals surface area contributed by atoms with Gasteiger partial charge in [-0.05, 0) is 31.2 Å². The molecule has 6 nitrogen and oxygen atoms in total. The lowest BCUT2D eigenvalue weighted by Gasteiger charge is -2.02. The van der Waals surface area contributed by atoms with Gasteiger partial charge < -0.3 is 9.73 Å². The van der Waals surface area contributed by atoms with Crippen molar-refractivity contribution >= 4 is 28.2 Å². The first kappa shape index (κ1) is 16.6. The molecule has 3 rings (SSSR count). The van der Waals surface area contributed by atoms with Crippen molar-refractivity contribution in [1.82, 2.24) is 20.4 Å². The van der Waals surface area contributed by atoms with E-state index in [4.69, 9.17) is 4.42 Å². The number of nitrogens with zero attached hydrogens (tertiary/aromatic N) is 4. The Bertz CT molecular complexity index is 817. The van der Waals surface area contributed by atoms with E-state index in [1.165, 1.54) is 35.2 Å². The molecule has 0 unspecified atom stereocenters. The zero-order chi connectivity index (χ0) is 16.9. The highest BCUT2D eigenvalue weighted by atomic mass is 32.2. The Labute approximate surface area is 146 Å². The Balaban J connectivity index is 1.67. The number of hydrogen-bond acceptors (Lipinski definition) is 8. The number of benzene rings is 1. The Kier molecular flexibility index (Phi) is 5.21. The van der Waals surface area contributed by atoms with E-state index in [0.717, 1.165) is 9.47 Å². The maximum absolute atomic E-state index is 13.0. The van der Waals surface area contributed by atoms with E-state index in [-0.39, 0.29) is 11.1 Å². The smallest absolute Gasteiger partial charge is 0.247 e. The second-order valence-electron chi connectivity index (χ2n) is 4.76. The predicted octanol–water partition coefficient (Wildman–Crippen LogP) is 4.18. The average molecular weight is 363 g/mol. The maximum atomic E-state index is 13.0. The molecule has 0 aliphatic carbocycles. The molecule has 0 aliphatic heterocycles. The van der Waals surface area contributed by atoms with Crippen LogP contribution in [-0.2, 0) is 0 Å². The lowest BCUT2D eigenvalue weighted by atomic mass is 10.2. The summed E-state index contributed by atoms with van der Waals surface area (Å²) < 4.78 is 19.4. The first-order valence-electron chi connectivity index (χ1n) is 7.10. The van der Waals surface area contributed by atoms with Crippen LogP contribution in [0, 0.1) is 5.82 Å². The van der Waals surface area contributed by atoms with Crippen molar-refractivity contribution in [2.45, 2.75) is 16.5 Å². The Hall–Kier alpha value is -2.26. The number of anilines is 1. The summed E-state index contributed by atoms with van der Waals surface area (Å²) in [4.78, 5) is 0. The summed E-state index contributed by atoms with van der Waals surface area (Å²) in [5.74, 6) is 0.540. The number of thioether (sulfide) groups is 1. The molecular weight excluding hydrogens is 349 g/mol. The molecule has 1 N–H and O–H groups in total. The molecule has 0 aliphatic rings. The summed E-state index contributed by atoms with van der Waals surface area (Å²) in [6, 6.07) is 5.92. The zero-order valence-electron chi connectivity index (χ0n) is 12.8. The molecule has 9 heteroatoms. The highest BCUT2D eigenvalue weighted by Gasteiger charge is 2.18. The van der Waals surface area contributed by atoms with Crippen LogP contribution in [0.25, 0.3) is 11.5 Å². The SMILES string of the molecule is C=CCNc1nnc(S[C@H](C)c2nnc(-c3ccc(F)cc3)o2)s1. The van der Waals surface area contributed by atoms with Crippen LogP contribution in [-0.4, -0.2) is 26.9 Å². The monoisotopic (exact) mass is 363 g/mol. The van der Waals surface area contributed by atoms with E-state index < -0.39 is 0 Å². The minimum Gasteiger partial charge on any atom is -0.419 e. The van der Waals surface area contributed by atoms with Crippen molar-refractivity contribution < 1.29 is 8.81 Å². The van der Waals surface area contributed by atoms with E-state index in [1.54, 1.807) is 18.2 Å². The third kappa shape index (κ3) is 3.98.